The highest BCUT2D eigenvalue weighted by Gasteiger charge is 2.37. The molecule has 0 bridgehead atoms. The Bertz CT molecular complexity index is 894. The van der Waals surface area contributed by atoms with Gasteiger partial charge in [-0.15, -0.1) is 13.2 Å². The van der Waals surface area contributed by atoms with Gasteiger partial charge in [0.05, 0.1) is 5.56 Å². The van der Waals surface area contributed by atoms with Crippen molar-refractivity contribution < 1.29 is 40.2 Å². The van der Waals surface area contributed by atoms with Crippen molar-refractivity contribution in [3.8, 4) is 11.5 Å². The Hall–Kier alpha value is -2.45. The Morgan fingerprint density at radius 1 is 0.848 bits per heavy atom. The molecule has 182 valence electrons. The normalized spacial score (nSPS) is 19.4. The fourth-order valence-electron chi connectivity index (χ4n) is 4.24. The summed E-state index contributed by atoms with van der Waals surface area (Å²) in [7, 11) is 0. The van der Waals surface area contributed by atoms with Crippen LogP contribution in [-0.2, 0) is 6.11 Å². The predicted molar refractivity (Wildman–Crippen MR) is 108 cm³/mol. The van der Waals surface area contributed by atoms with E-state index in [1.54, 1.807) is 12.1 Å². The van der Waals surface area contributed by atoms with Crippen LogP contribution in [0.1, 0.15) is 68.9 Å². The van der Waals surface area contributed by atoms with Crippen LogP contribution in [0.15, 0.2) is 36.4 Å². The number of alkyl halides is 5. The molecular formula is C24H25F7O2. The molecule has 0 radical (unpaired) electrons. The Balaban J connectivity index is 1.66. The van der Waals surface area contributed by atoms with E-state index in [0.717, 1.165) is 31.2 Å². The molecule has 1 aliphatic carbocycles. The van der Waals surface area contributed by atoms with Gasteiger partial charge >= 0.3 is 12.5 Å². The van der Waals surface area contributed by atoms with Gasteiger partial charge in [0.15, 0.2) is 11.6 Å². The van der Waals surface area contributed by atoms with E-state index in [1.807, 2.05) is 0 Å². The first-order chi connectivity index (χ1) is 15.5. The Morgan fingerprint density at radius 2 is 1.42 bits per heavy atom. The zero-order valence-electron chi connectivity index (χ0n) is 18.0. The van der Waals surface area contributed by atoms with Gasteiger partial charge in [0.1, 0.15) is 5.75 Å². The molecule has 0 aromatic heterocycles. The van der Waals surface area contributed by atoms with Crippen molar-refractivity contribution in [2.75, 3.05) is 0 Å². The highest BCUT2D eigenvalue weighted by molar-refractivity contribution is 5.36. The maximum atomic E-state index is 14.5. The van der Waals surface area contributed by atoms with Crippen LogP contribution >= 0.6 is 0 Å². The minimum Gasteiger partial charge on any atom is -0.429 e. The zero-order valence-corrected chi connectivity index (χ0v) is 18.0. The molecule has 0 spiro atoms. The topological polar surface area (TPSA) is 18.5 Å². The summed E-state index contributed by atoms with van der Waals surface area (Å²) in [5, 5.41) is 0. The Labute approximate surface area is 187 Å². The molecule has 1 aliphatic rings. The fourth-order valence-corrected chi connectivity index (χ4v) is 4.24. The van der Waals surface area contributed by atoms with Crippen LogP contribution in [-0.4, -0.2) is 6.36 Å². The summed E-state index contributed by atoms with van der Waals surface area (Å²) in [6, 6.07) is 5.97. The molecule has 0 amide bonds. The maximum absolute atomic E-state index is 14.5. The summed E-state index contributed by atoms with van der Waals surface area (Å²) in [6.45, 7) is 2.16. The maximum Gasteiger partial charge on any atom is 0.573 e. The van der Waals surface area contributed by atoms with E-state index in [4.69, 9.17) is 0 Å². The largest absolute Gasteiger partial charge is 0.573 e. The summed E-state index contributed by atoms with van der Waals surface area (Å²) in [5.41, 5.74) is 0.397. The lowest BCUT2D eigenvalue weighted by atomic mass is 9.77. The van der Waals surface area contributed by atoms with Crippen molar-refractivity contribution in [2.24, 2.45) is 5.92 Å². The molecule has 0 aliphatic heterocycles. The average molecular weight is 478 g/mol. The smallest absolute Gasteiger partial charge is 0.429 e. The van der Waals surface area contributed by atoms with Crippen LogP contribution in [0.3, 0.4) is 0 Å². The summed E-state index contributed by atoms with van der Waals surface area (Å²) in [4.78, 5) is 0. The molecule has 1 saturated carbocycles. The van der Waals surface area contributed by atoms with E-state index in [0.29, 0.717) is 5.92 Å². The number of hydrogen-bond donors (Lipinski definition) is 0. The van der Waals surface area contributed by atoms with Crippen LogP contribution in [0.4, 0.5) is 30.7 Å². The number of unbranched alkanes of at least 4 members (excludes halogenated alkanes) is 1. The van der Waals surface area contributed by atoms with Crippen LogP contribution in [0, 0.1) is 17.6 Å². The molecular weight excluding hydrogens is 453 g/mol. The van der Waals surface area contributed by atoms with Gasteiger partial charge in [-0.05, 0) is 55.2 Å². The van der Waals surface area contributed by atoms with Crippen LogP contribution in [0.25, 0.3) is 0 Å². The van der Waals surface area contributed by atoms with Gasteiger partial charge in [-0.1, -0.05) is 38.3 Å². The fraction of sp³-hybridized carbons (Fsp3) is 0.500. The average Bonchev–Trinajstić information content (AvgIpc) is 2.74. The second kappa shape index (κ2) is 10.2. The third-order valence-corrected chi connectivity index (χ3v) is 5.97. The van der Waals surface area contributed by atoms with E-state index >= 15 is 0 Å². The van der Waals surface area contributed by atoms with E-state index in [2.05, 4.69) is 16.4 Å². The third-order valence-electron chi connectivity index (χ3n) is 5.97. The van der Waals surface area contributed by atoms with Crippen LogP contribution < -0.4 is 9.47 Å². The molecule has 0 heterocycles. The quantitative estimate of drug-likeness (QED) is 0.355. The lowest BCUT2D eigenvalue weighted by Gasteiger charge is -2.29. The van der Waals surface area contributed by atoms with Gasteiger partial charge in [-0.25, -0.2) is 8.78 Å². The van der Waals surface area contributed by atoms with E-state index < -0.39 is 41.2 Å². The van der Waals surface area contributed by atoms with E-state index in [1.165, 1.54) is 31.4 Å². The van der Waals surface area contributed by atoms with E-state index in [9.17, 15) is 30.7 Å². The second-order valence-corrected chi connectivity index (χ2v) is 8.36. The monoisotopic (exact) mass is 478 g/mol. The predicted octanol–water partition coefficient (Wildman–Crippen LogP) is 8.46. The van der Waals surface area contributed by atoms with Gasteiger partial charge in [0.25, 0.3) is 0 Å². The first-order valence-electron chi connectivity index (χ1n) is 10.9. The molecule has 2 aromatic rings. The molecule has 0 N–H and O–H groups in total. The third kappa shape index (κ3) is 6.77. The first-order valence-corrected chi connectivity index (χ1v) is 10.9. The van der Waals surface area contributed by atoms with Gasteiger partial charge in [0, 0.05) is 12.1 Å². The lowest BCUT2D eigenvalue weighted by molar-refractivity contribution is -0.276. The molecule has 33 heavy (non-hydrogen) atoms. The standard InChI is InChI=1S/C24H25F7O2/c1-2-3-4-15-5-7-16(8-6-15)17-9-11-18(12-10-17)23(27,28)32-19-13-20(25)22(21(26)14-19)33-24(29,30)31/h9-16H,2-8H2,1H3. The summed E-state index contributed by atoms with van der Waals surface area (Å²) < 4.78 is 101. The number of benzene rings is 2. The molecule has 0 saturated heterocycles. The van der Waals surface area contributed by atoms with Crippen molar-refractivity contribution in [3.05, 3.63) is 59.2 Å². The zero-order chi connectivity index (χ0) is 24.2. The molecule has 0 unspecified atom stereocenters. The van der Waals surface area contributed by atoms with Crippen molar-refractivity contribution in [1.29, 1.82) is 0 Å². The van der Waals surface area contributed by atoms with Crippen molar-refractivity contribution >= 4 is 0 Å². The molecule has 2 nitrogen and oxygen atoms in total. The van der Waals surface area contributed by atoms with Gasteiger partial charge in [-0.3, -0.25) is 0 Å². The number of hydrogen-bond acceptors (Lipinski definition) is 2. The minimum atomic E-state index is -5.34. The van der Waals surface area contributed by atoms with Crippen LogP contribution in [0.2, 0.25) is 0 Å². The summed E-state index contributed by atoms with van der Waals surface area (Å²) in [6.07, 6.45) is -1.50. The SMILES string of the molecule is CCCCC1CCC(c2ccc(C(F)(F)Oc3cc(F)c(OC(F)(F)F)c(F)c3)cc2)CC1. The van der Waals surface area contributed by atoms with Gasteiger partial charge in [-0.2, -0.15) is 8.78 Å². The van der Waals surface area contributed by atoms with Gasteiger partial charge in [0.2, 0.25) is 5.75 Å². The van der Waals surface area contributed by atoms with E-state index in [-0.39, 0.29) is 18.1 Å². The molecule has 9 heteroatoms. The summed E-state index contributed by atoms with van der Waals surface area (Å²) in [5.74, 6) is -5.35. The molecule has 1 fully saturated rings. The highest BCUT2D eigenvalue weighted by Crippen LogP contribution is 2.40. The minimum absolute atomic E-state index is 0.212. The Kier molecular flexibility index (Phi) is 7.80. The van der Waals surface area contributed by atoms with Gasteiger partial charge < -0.3 is 9.47 Å². The van der Waals surface area contributed by atoms with Crippen LogP contribution in [0.5, 0.6) is 11.5 Å². The van der Waals surface area contributed by atoms with Crippen molar-refractivity contribution in [3.63, 3.8) is 0 Å². The van der Waals surface area contributed by atoms with Crippen molar-refractivity contribution in [1.82, 2.24) is 0 Å². The highest BCUT2D eigenvalue weighted by atomic mass is 19.4. The Morgan fingerprint density at radius 3 is 1.94 bits per heavy atom. The molecule has 3 rings (SSSR count). The van der Waals surface area contributed by atoms with Crippen molar-refractivity contribution in [2.45, 2.75) is 70.3 Å². The second-order valence-electron chi connectivity index (χ2n) is 8.36. The lowest BCUT2D eigenvalue weighted by Crippen LogP contribution is -2.23. The molecule has 2 aromatic carbocycles. The number of ether oxygens (including phenoxy) is 2. The number of halogens is 7. The summed E-state index contributed by atoms with van der Waals surface area (Å²) >= 11 is 0. The first kappa shape index (κ1) is 25.2. The number of rotatable bonds is 8. The molecule has 0 atom stereocenters.